The molecule has 0 aliphatic carbocycles. The largest absolute Gasteiger partial charge is 0.507 e. The van der Waals surface area contributed by atoms with Gasteiger partial charge >= 0.3 is 0 Å². The maximum Gasteiger partial charge on any atom is 0.252 e. The predicted molar refractivity (Wildman–Crippen MR) is 79.0 cm³/mol. The van der Waals surface area contributed by atoms with Crippen LogP contribution in [0.15, 0.2) is 23.0 Å². The number of H-pyrrole nitrogens is 1. The molecule has 0 aliphatic rings. The van der Waals surface area contributed by atoms with Crippen molar-refractivity contribution in [3.05, 3.63) is 39.7 Å². The number of pyridine rings is 1. The molecule has 0 aliphatic heterocycles. The summed E-state index contributed by atoms with van der Waals surface area (Å²) in [4.78, 5) is 14.3. The summed E-state index contributed by atoms with van der Waals surface area (Å²) in [6.07, 6.45) is 0. The minimum atomic E-state index is -0.276. The minimum absolute atomic E-state index is 0.00383. The zero-order chi connectivity index (χ0) is 14.4. The molecule has 0 unspecified atom stereocenters. The van der Waals surface area contributed by atoms with Crippen LogP contribution in [0.5, 0.6) is 5.75 Å². The first-order valence-electron chi connectivity index (χ1n) is 6.60. The van der Waals surface area contributed by atoms with Crippen LogP contribution in [0.1, 0.15) is 51.7 Å². The predicted octanol–water partition coefficient (Wildman–Crippen LogP) is 3.65. The van der Waals surface area contributed by atoms with Gasteiger partial charge in [0.25, 0.3) is 5.56 Å². The van der Waals surface area contributed by atoms with Crippen LogP contribution in [0.25, 0.3) is 10.9 Å². The van der Waals surface area contributed by atoms with Crippen LogP contribution in [0, 0.1) is 0 Å². The zero-order valence-corrected chi connectivity index (χ0v) is 12.2. The summed E-state index contributed by atoms with van der Waals surface area (Å²) in [7, 11) is 0. The van der Waals surface area contributed by atoms with Gasteiger partial charge in [0.15, 0.2) is 0 Å². The van der Waals surface area contributed by atoms with E-state index in [2.05, 4.69) is 39.6 Å². The maximum absolute atomic E-state index is 11.5. The highest BCUT2D eigenvalue weighted by Gasteiger charge is 2.21. The fraction of sp³-hybridized carbons (Fsp3) is 0.438. The Kier molecular flexibility index (Phi) is 3.17. The smallest absolute Gasteiger partial charge is 0.252 e. The lowest BCUT2D eigenvalue weighted by molar-refractivity contribution is 0.480. The Hall–Kier alpha value is -1.77. The lowest BCUT2D eigenvalue weighted by Gasteiger charge is -2.25. The highest BCUT2D eigenvalue weighted by atomic mass is 16.3. The van der Waals surface area contributed by atoms with Crippen LogP contribution in [0.2, 0.25) is 0 Å². The molecule has 3 heteroatoms. The molecule has 0 bridgehead atoms. The Balaban J connectivity index is 2.88. The molecule has 2 rings (SSSR count). The standard InChI is InChI=1S/C16H21NO2/c1-9(2)10-6-11-13(7-12(10)16(3,4)5)17-15(19)8-14(11)18/h6-9H,1-5H3,(H2,17,18,19). The molecule has 0 amide bonds. The van der Waals surface area contributed by atoms with Crippen LogP contribution in [0.3, 0.4) is 0 Å². The first-order chi connectivity index (χ1) is 8.70. The molecule has 0 atom stereocenters. The molecule has 0 saturated carbocycles. The molecular weight excluding hydrogens is 238 g/mol. The molecule has 3 nitrogen and oxygen atoms in total. The fourth-order valence-corrected chi connectivity index (χ4v) is 2.43. The molecule has 0 radical (unpaired) electrons. The van der Waals surface area contributed by atoms with Crippen molar-refractivity contribution < 1.29 is 5.11 Å². The van der Waals surface area contributed by atoms with Crippen molar-refractivity contribution in [3.63, 3.8) is 0 Å². The average molecular weight is 259 g/mol. The minimum Gasteiger partial charge on any atom is -0.507 e. The van der Waals surface area contributed by atoms with Gasteiger partial charge in [0.2, 0.25) is 0 Å². The van der Waals surface area contributed by atoms with Crippen LogP contribution in [0.4, 0.5) is 0 Å². The second-order valence-corrected chi connectivity index (χ2v) is 6.41. The number of aromatic nitrogens is 1. The third kappa shape index (κ3) is 2.50. The number of fused-ring (bicyclic) bond motifs is 1. The first kappa shape index (κ1) is 13.7. The second kappa shape index (κ2) is 4.41. The summed E-state index contributed by atoms with van der Waals surface area (Å²) >= 11 is 0. The molecule has 1 heterocycles. The van der Waals surface area contributed by atoms with Crippen molar-refractivity contribution in [1.82, 2.24) is 4.98 Å². The summed E-state index contributed by atoms with van der Waals surface area (Å²) in [5, 5.41) is 10.6. The highest BCUT2D eigenvalue weighted by Crippen LogP contribution is 2.35. The summed E-state index contributed by atoms with van der Waals surface area (Å²) in [6.45, 7) is 10.7. The van der Waals surface area contributed by atoms with Gasteiger partial charge in [-0.2, -0.15) is 0 Å². The lowest BCUT2D eigenvalue weighted by atomic mass is 9.80. The van der Waals surface area contributed by atoms with E-state index in [0.717, 1.165) is 0 Å². The lowest BCUT2D eigenvalue weighted by Crippen LogP contribution is -2.16. The molecule has 2 aromatic rings. The third-order valence-electron chi connectivity index (χ3n) is 3.42. The number of hydrogen-bond donors (Lipinski definition) is 2. The number of aromatic amines is 1. The topological polar surface area (TPSA) is 53.1 Å². The number of hydrogen-bond acceptors (Lipinski definition) is 2. The van der Waals surface area contributed by atoms with Crippen molar-refractivity contribution in [1.29, 1.82) is 0 Å². The Morgan fingerprint density at radius 2 is 1.79 bits per heavy atom. The molecule has 19 heavy (non-hydrogen) atoms. The Labute approximate surface area is 113 Å². The van der Waals surface area contributed by atoms with E-state index >= 15 is 0 Å². The Morgan fingerprint density at radius 1 is 1.16 bits per heavy atom. The molecule has 0 saturated heterocycles. The third-order valence-corrected chi connectivity index (χ3v) is 3.42. The van der Waals surface area contributed by atoms with E-state index in [1.54, 1.807) is 0 Å². The number of rotatable bonds is 1. The summed E-state index contributed by atoms with van der Waals surface area (Å²) < 4.78 is 0. The fourth-order valence-electron chi connectivity index (χ4n) is 2.43. The summed E-state index contributed by atoms with van der Waals surface area (Å²) in [6, 6.07) is 5.21. The number of aromatic hydroxyl groups is 1. The molecule has 0 spiro atoms. The molecular formula is C16H21NO2. The van der Waals surface area contributed by atoms with Crippen molar-refractivity contribution >= 4 is 10.9 Å². The SMILES string of the molecule is CC(C)c1cc2c(O)cc(=O)[nH]c2cc1C(C)(C)C. The van der Waals surface area contributed by atoms with Crippen molar-refractivity contribution in [3.8, 4) is 5.75 Å². The van der Waals surface area contributed by atoms with Gasteiger partial charge in [0, 0.05) is 11.5 Å². The van der Waals surface area contributed by atoms with E-state index in [-0.39, 0.29) is 16.7 Å². The van der Waals surface area contributed by atoms with E-state index in [1.807, 2.05) is 12.1 Å². The molecule has 0 fully saturated rings. The van der Waals surface area contributed by atoms with Crippen LogP contribution >= 0.6 is 0 Å². The highest BCUT2D eigenvalue weighted by molar-refractivity contribution is 5.86. The van der Waals surface area contributed by atoms with Crippen LogP contribution < -0.4 is 5.56 Å². The molecule has 1 aromatic heterocycles. The van der Waals surface area contributed by atoms with E-state index in [0.29, 0.717) is 16.8 Å². The van der Waals surface area contributed by atoms with Crippen LogP contribution in [-0.4, -0.2) is 10.1 Å². The normalized spacial score (nSPS) is 12.3. The molecule has 2 N–H and O–H groups in total. The van der Waals surface area contributed by atoms with E-state index in [4.69, 9.17) is 0 Å². The van der Waals surface area contributed by atoms with Crippen molar-refractivity contribution in [2.24, 2.45) is 0 Å². The maximum atomic E-state index is 11.5. The Bertz CT molecular complexity index is 675. The van der Waals surface area contributed by atoms with E-state index < -0.39 is 0 Å². The van der Waals surface area contributed by atoms with Gasteiger partial charge < -0.3 is 10.1 Å². The van der Waals surface area contributed by atoms with Crippen LogP contribution in [-0.2, 0) is 5.41 Å². The quantitative estimate of drug-likeness (QED) is 0.821. The van der Waals surface area contributed by atoms with Gasteiger partial charge in [-0.15, -0.1) is 0 Å². The first-order valence-corrected chi connectivity index (χ1v) is 6.60. The van der Waals surface area contributed by atoms with Gasteiger partial charge in [-0.1, -0.05) is 34.6 Å². The van der Waals surface area contributed by atoms with E-state index in [1.165, 1.54) is 17.2 Å². The van der Waals surface area contributed by atoms with E-state index in [9.17, 15) is 9.90 Å². The average Bonchev–Trinajstić information content (AvgIpc) is 2.25. The van der Waals surface area contributed by atoms with Crippen molar-refractivity contribution in [2.45, 2.75) is 46.0 Å². The second-order valence-electron chi connectivity index (χ2n) is 6.41. The molecule has 1 aromatic carbocycles. The summed E-state index contributed by atoms with van der Waals surface area (Å²) in [5.41, 5.74) is 2.83. The number of benzene rings is 1. The van der Waals surface area contributed by atoms with Gasteiger partial charge in [0.05, 0.1) is 5.52 Å². The monoisotopic (exact) mass is 259 g/mol. The van der Waals surface area contributed by atoms with Gasteiger partial charge in [-0.05, 0) is 34.6 Å². The van der Waals surface area contributed by atoms with Gasteiger partial charge in [0.1, 0.15) is 5.75 Å². The Morgan fingerprint density at radius 3 is 2.32 bits per heavy atom. The zero-order valence-electron chi connectivity index (χ0n) is 12.2. The van der Waals surface area contributed by atoms with Crippen molar-refractivity contribution in [2.75, 3.05) is 0 Å². The molecule has 102 valence electrons. The number of nitrogens with one attached hydrogen (secondary N) is 1. The van der Waals surface area contributed by atoms with Gasteiger partial charge in [-0.3, -0.25) is 4.79 Å². The summed E-state index contributed by atoms with van der Waals surface area (Å²) in [5.74, 6) is 0.408. The van der Waals surface area contributed by atoms with Gasteiger partial charge in [-0.25, -0.2) is 0 Å².